The average molecular weight is 1800 g/mol. The van der Waals surface area contributed by atoms with Crippen LogP contribution in [0.15, 0.2) is 115 Å². The number of amides is 8. The number of hydrogen-bond donors (Lipinski definition) is 20. The molecule has 127 heavy (non-hydrogen) atoms. The zero-order chi connectivity index (χ0) is 90.7. The smallest absolute Gasteiger partial charge is 0.249 e. The number of ether oxygens (including phenoxy) is 7. The molecule has 0 saturated carbocycles. The number of piperazine rings is 1. The molecule has 18 atom stereocenters. The molecule has 0 aromatic heterocycles. The fourth-order valence-electron chi connectivity index (χ4n) is 16.4. The zero-order valence-corrected chi connectivity index (χ0v) is 70.7. The van der Waals surface area contributed by atoms with E-state index in [-0.39, 0.29) is 65.6 Å². The molecule has 39 heteroatoms. The van der Waals surface area contributed by atoms with Crippen LogP contribution in [0.25, 0.3) is 11.1 Å². The fourth-order valence-corrected chi connectivity index (χ4v) is 16.9. The molecule has 17 bridgehead atoms. The van der Waals surface area contributed by atoms with Gasteiger partial charge in [0.25, 0.3) is 0 Å². The van der Waals surface area contributed by atoms with E-state index >= 15 is 28.8 Å². The summed E-state index contributed by atoms with van der Waals surface area (Å²) in [6, 6.07) is 6.85. The van der Waals surface area contributed by atoms with Crippen LogP contribution in [0.5, 0.6) is 69.0 Å². The molecule has 0 unspecified atom stereocenters. The Kier molecular flexibility index (Phi) is 28.5. The van der Waals surface area contributed by atoms with Crippen molar-refractivity contribution in [1.29, 1.82) is 0 Å². The number of phenolic OH excluding ortho intramolecular Hbond substituents is 4. The number of aliphatic hydroxyl groups excluding tert-OH is 8. The van der Waals surface area contributed by atoms with Crippen molar-refractivity contribution in [1.82, 2.24) is 52.3 Å². The first-order valence-electron chi connectivity index (χ1n) is 41.6. The van der Waals surface area contributed by atoms with E-state index in [0.717, 1.165) is 92.8 Å². The lowest BCUT2D eigenvalue weighted by atomic mass is 9.89. The van der Waals surface area contributed by atoms with E-state index in [9.17, 15) is 70.9 Å². The molecule has 7 aromatic carbocycles. The Morgan fingerprint density at radius 1 is 0.535 bits per heavy atom. The third-order valence-electron chi connectivity index (χ3n) is 23.5. The summed E-state index contributed by atoms with van der Waals surface area (Å²) in [6.07, 6.45) is -14.1. The second kappa shape index (κ2) is 39.5. The first-order valence-corrected chi connectivity index (χ1v) is 42.4. The Hall–Kier alpha value is -11.4. The highest BCUT2D eigenvalue weighted by Crippen LogP contribution is 2.51. The number of benzene rings is 7. The van der Waals surface area contributed by atoms with E-state index < -0.39 is 254 Å². The number of carbonyl (C=O) groups excluding carboxylic acids is 8. The quantitative estimate of drug-likeness (QED) is 0.0543. The van der Waals surface area contributed by atoms with Gasteiger partial charge in [-0.3, -0.25) is 38.4 Å². The minimum absolute atomic E-state index is 0.0280. The van der Waals surface area contributed by atoms with Gasteiger partial charge in [-0.25, -0.2) is 0 Å². The van der Waals surface area contributed by atoms with Crippen molar-refractivity contribution >= 4 is 70.5 Å². The van der Waals surface area contributed by atoms with Crippen molar-refractivity contribution in [3.8, 4) is 80.1 Å². The number of unbranched alkanes of at least 4 members (excludes halogenated alkanes) is 5. The Balaban J connectivity index is 0.988. The molecule has 9 aliphatic heterocycles. The molecule has 3 fully saturated rings. The summed E-state index contributed by atoms with van der Waals surface area (Å²) in [6.45, 7) is 3.04. The molecule has 9 heterocycles. The molecule has 0 spiro atoms. The highest BCUT2D eigenvalue weighted by molar-refractivity contribution is 6.33. The SMILES string of the molecule is CN[C@@H]1C(=O)N[C@@H]2Cc3ccc(cc3)Oc3cc4cc(c3O[C@@H]3O[C@H](CO)[C@@H](O)[C@H](O)[C@H]3NC(=O)CCCCCCCCC(C)C)Oc3ccc(cc3Cl)[C@@H](O)[C@@H]3NC(=O)[C@H](NC(=O)[C@@H]4NC(=O)[C@@H](NC2=O)c2cc(cc(O)c2Cl)Oc2cc1ccc2O)c1ccc(O)c(c1)-c1c(O[C@H]2O[C@H](CO)[C@@H](O)[C@H](O)[C@@H]2O)cc(O)cc1[C@H](C(=O)N1CCN(C)CC1)NC3=O. The average Bonchev–Trinajstić information content (AvgIpc) is 0.754. The van der Waals surface area contributed by atoms with Crippen LogP contribution in [-0.4, -0.2) is 245 Å². The first-order chi connectivity index (χ1) is 60.8. The van der Waals surface area contributed by atoms with Crippen molar-refractivity contribution in [2.24, 2.45) is 5.92 Å². The van der Waals surface area contributed by atoms with Gasteiger partial charge in [-0.05, 0) is 133 Å². The number of phenols is 4. The second-order valence-corrected chi connectivity index (χ2v) is 33.6. The number of aliphatic hydroxyl groups is 8. The predicted molar refractivity (Wildman–Crippen MR) is 449 cm³/mol. The normalized spacial score (nSPS) is 26.9. The van der Waals surface area contributed by atoms with Gasteiger partial charge in [-0.15, -0.1) is 0 Å². The van der Waals surface area contributed by atoms with Crippen LogP contribution in [0.4, 0.5) is 0 Å². The highest BCUT2D eigenvalue weighted by Gasteiger charge is 2.50. The van der Waals surface area contributed by atoms with Crippen LogP contribution in [0.2, 0.25) is 10.0 Å². The van der Waals surface area contributed by atoms with Gasteiger partial charge in [0.2, 0.25) is 65.6 Å². The van der Waals surface area contributed by atoms with Crippen LogP contribution in [0.3, 0.4) is 0 Å². The molecule has 678 valence electrons. The molecule has 16 rings (SSSR count). The van der Waals surface area contributed by atoms with Crippen molar-refractivity contribution in [2.75, 3.05) is 53.5 Å². The lowest BCUT2D eigenvalue weighted by Gasteiger charge is -2.42. The maximum Gasteiger partial charge on any atom is 0.249 e. The fraction of sp³-hybridized carbons (Fsp3) is 0.432. The standard InChI is InChI=1S/C88H100Cl2N10O27/c1-39(2)11-9-7-5-6-8-10-12-63(107)93-72-76(111)74(109)61(37-101)125-87(72)127-79-59-31-44-32-60(79)123-56-22-17-43(29-51(56)89)73(108)71-85(119)97-70(86(120)100-25-23-99(4)24-26-100)49-33-45(103)34-58(124-88-78(113)77(112)75(110)62(38-102)126-88)64(49)48-28-41(15-20-53(48)104)67(82(116)98-71)94-83(117)68(44)95-84(118)69-50-35-47(36-55(106)65(50)90)122-57-30-42(16-21-54(57)105)66(91-3)81(115)92-52(80(114)96-69)27-40-13-18-46(121-59)19-14-40/h13-22,28-36,39,52,61-62,66-78,87-88,91,101-106,108-113H,5-12,23-27,37-38H2,1-4H3,(H,92,115)(H,93,107)(H,94,117)(H,95,118)(H,96,114)(H,97,119)(H,98,116)/t52-,61-,62-,66+,67-,68-,69+,70-,71+,72-,73-,74-,75-,76-,77+,78+,87+,88+/m1/s1. The van der Waals surface area contributed by atoms with E-state index in [2.05, 4.69) is 56.4 Å². The van der Waals surface area contributed by atoms with E-state index in [0.29, 0.717) is 37.4 Å². The van der Waals surface area contributed by atoms with Gasteiger partial charge in [0.1, 0.15) is 137 Å². The number of halogens is 2. The molecular formula is C88H100Cl2N10O27. The minimum atomic E-state index is -2.40. The molecule has 7 aromatic rings. The summed E-state index contributed by atoms with van der Waals surface area (Å²) in [7, 11) is 3.24. The van der Waals surface area contributed by atoms with E-state index in [1.165, 1.54) is 66.5 Å². The molecule has 37 nitrogen and oxygen atoms in total. The molecule has 0 radical (unpaired) electrons. The lowest BCUT2D eigenvalue weighted by molar-refractivity contribution is -0.277. The molecule has 3 saturated heterocycles. The maximum absolute atomic E-state index is 16.9. The molecule has 8 amide bonds. The van der Waals surface area contributed by atoms with Crippen LogP contribution in [-0.2, 0) is 54.3 Å². The number of aromatic hydroxyl groups is 4. The number of rotatable bonds is 18. The summed E-state index contributed by atoms with van der Waals surface area (Å²) < 4.78 is 45.1. The zero-order valence-electron chi connectivity index (χ0n) is 69.2. The van der Waals surface area contributed by atoms with Gasteiger partial charge < -0.3 is 147 Å². The Morgan fingerprint density at radius 3 is 1.84 bits per heavy atom. The Labute approximate surface area is 737 Å². The van der Waals surface area contributed by atoms with Crippen molar-refractivity contribution in [2.45, 2.75) is 181 Å². The Bertz CT molecular complexity index is 5300. The third-order valence-corrected chi connectivity index (χ3v) is 24.2. The number of nitrogens with one attached hydrogen (secondary N) is 8. The minimum Gasteiger partial charge on any atom is -0.508 e. The van der Waals surface area contributed by atoms with Gasteiger partial charge >= 0.3 is 0 Å². The van der Waals surface area contributed by atoms with Crippen molar-refractivity contribution in [3.05, 3.63) is 164 Å². The molecule has 9 aliphatic rings. The van der Waals surface area contributed by atoms with Crippen LogP contribution in [0.1, 0.15) is 140 Å². The van der Waals surface area contributed by atoms with Gasteiger partial charge in [0.05, 0.1) is 23.3 Å². The number of fused-ring (bicyclic) bond motifs is 14. The summed E-state index contributed by atoms with van der Waals surface area (Å²) in [5.74, 6) is -14.6. The van der Waals surface area contributed by atoms with Gasteiger partial charge in [-0.2, -0.15) is 0 Å². The molecular weight excluding hydrogens is 1700 g/mol. The topological polar surface area (TPSA) is 547 Å². The lowest BCUT2D eigenvalue weighted by Crippen LogP contribution is -2.65. The predicted octanol–water partition coefficient (Wildman–Crippen LogP) is 3.78. The van der Waals surface area contributed by atoms with Gasteiger partial charge in [-0.1, -0.05) is 106 Å². The summed E-state index contributed by atoms with van der Waals surface area (Å²) in [4.78, 5) is 129. The van der Waals surface area contributed by atoms with Crippen molar-refractivity contribution in [3.63, 3.8) is 0 Å². The monoisotopic (exact) mass is 1800 g/mol. The summed E-state index contributed by atoms with van der Waals surface area (Å²) in [5, 5.41) is 160. The maximum atomic E-state index is 16.9. The van der Waals surface area contributed by atoms with Crippen LogP contribution >= 0.6 is 23.2 Å². The van der Waals surface area contributed by atoms with E-state index in [1.54, 1.807) is 7.05 Å². The molecule has 20 N–H and O–H groups in total. The number of hydrogen-bond acceptors (Lipinski definition) is 29. The summed E-state index contributed by atoms with van der Waals surface area (Å²) >= 11 is 14.4. The van der Waals surface area contributed by atoms with Gasteiger partial charge in [0.15, 0.2) is 23.0 Å². The summed E-state index contributed by atoms with van der Waals surface area (Å²) in [5.41, 5.74) is -2.32. The van der Waals surface area contributed by atoms with E-state index in [1.807, 2.05) is 4.90 Å². The van der Waals surface area contributed by atoms with E-state index in [4.69, 9.17) is 56.4 Å². The third kappa shape index (κ3) is 20.1. The van der Waals surface area contributed by atoms with Gasteiger partial charge in [0, 0.05) is 67.8 Å². The Morgan fingerprint density at radius 2 is 1.15 bits per heavy atom. The molecule has 0 aliphatic carbocycles. The largest absolute Gasteiger partial charge is 0.508 e. The first kappa shape index (κ1) is 91.8. The van der Waals surface area contributed by atoms with Crippen molar-refractivity contribution < 1.29 is 133 Å². The number of carbonyl (C=O) groups is 8. The second-order valence-electron chi connectivity index (χ2n) is 32.8. The number of likely N-dealkylation sites (N-methyl/N-ethyl adjacent to an activating group) is 2. The number of nitrogens with zero attached hydrogens (tertiary/aromatic N) is 2. The van der Waals surface area contributed by atoms with Crippen LogP contribution in [0, 0.1) is 5.92 Å². The van der Waals surface area contributed by atoms with Crippen LogP contribution < -0.4 is 66.2 Å². The highest BCUT2D eigenvalue weighted by atomic mass is 35.5.